The lowest BCUT2D eigenvalue weighted by molar-refractivity contribution is -0.643. The molecule has 0 spiro atoms. The molecule has 1 aliphatic carbocycles. The van der Waals surface area contributed by atoms with Crippen LogP contribution in [0.1, 0.15) is 59.4 Å². The molecule has 3 heterocycles. The van der Waals surface area contributed by atoms with Gasteiger partial charge in [-0.15, -0.1) is 0 Å². The number of alkyl halides is 2. The number of carbonyl (C=O) groups excluding carboxylic acids is 1. The topological polar surface area (TPSA) is 115 Å². The predicted octanol–water partition coefficient (Wildman–Crippen LogP) is 5.40. The standard InChI is InChI=1S/C29H25F5N6O3/c1-13-20(30)6-5-17(23(13)32)25-26-19(29(2,12-43-26)40(35)42)9-22(37-25)18(14-3-4-14)10-36-27(41)15-7-16-11-39(28(33)34)38-24(16)21(31)8-15/h5-9,11,14,18,28H,3-4,10,12H2,1-2H3,(H2-,35,36,41,42)/p+1/t18-,29-/m0/s1. The molecule has 0 unspecified atom stereocenters. The molecule has 2 aromatic carbocycles. The van der Waals surface area contributed by atoms with Gasteiger partial charge >= 0.3 is 12.1 Å². The highest BCUT2D eigenvalue weighted by Gasteiger charge is 2.52. The van der Waals surface area contributed by atoms with Gasteiger partial charge in [0.2, 0.25) is 0 Å². The number of nitrogens with zero attached hydrogens (tertiary/aromatic N) is 4. The number of hydrazine groups is 1. The highest BCUT2D eigenvalue weighted by Crippen LogP contribution is 2.48. The first kappa shape index (κ1) is 28.5. The fraction of sp³-hybridized carbons (Fsp3) is 0.345. The number of hydrogen-bond acceptors (Lipinski definition) is 5. The third kappa shape index (κ3) is 4.83. The summed E-state index contributed by atoms with van der Waals surface area (Å²) in [5.74, 6) is 2.33. The van der Waals surface area contributed by atoms with E-state index in [1.807, 2.05) is 0 Å². The molecule has 6 rings (SSSR count). The van der Waals surface area contributed by atoms with Crippen LogP contribution in [0.4, 0.5) is 22.0 Å². The number of nitroso groups, excluding NO2 is 1. The fourth-order valence-corrected chi connectivity index (χ4v) is 5.45. The number of ether oxygens (including phenoxy) is 1. The fourth-order valence-electron chi connectivity index (χ4n) is 5.45. The van der Waals surface area contributed by atoms with Gasteiger partial charge in [-0.25, -0.2) is 22.8 Å². The second-order valence-corrected chi connectivity index (χ2v) is 11.1. The van der Waals surface area contributed by atoms with E-state index < -0.39 is 41.4 Å². The van der Waals surface area contributed by atoms with Crippen LogP contribution in [0.3, 0.4) is 0 Å². The Balaban J connectivity index is 1.37. The number of nitrogens with one attached hydrogen (secondary N) is 1. The van der Waals surface area contributed by atoms with Crippen molar-refractivity contribution in [3.8, 4) is 17.0 Å². The van der Waals surface area contributed by atoms with E-state index in [1.54, 1.807) is 13.0 Å². The van der Waals surface area contributed by atoms with Gasteiger partial charge in [0.25, 0.3) is 5.91 Å². The summed E-state index contributed by atoms with van der Waals surface area (Å²) < 4.78 is 76.3. The van der Waals surface area contributed by atoms with Crippen molar-refractivity contribution in [3.05, 3.63) is 81.3 Å². The molecule has 4 aromatic rings. The summed E-state index contributed by atoms with van der Waals surface area (Å²) in [6.07, 6.45) is 2.57. The molecule has 0 bridgehead atoms. The summed E-state index contributed by atoms with van der Waals surface area (Å²) in [4.78, 5) is 30.5. The van der Waals surface area contributed by atoms with Crippen LogP contribution < -0.4 is 15.9 Å². The summed E-state index contributed by atoms with van der Waals surface area (Å²) in [6.45, 7) is -0.204. The predicted molar refractivity (Wildman–Crippen MR) is 144 cm³/mol. The molecule has 14 heteroatoms. The van der Waals surface area contributed by atoms with Gasteiger partial charge in [-0.05, 0) is 56.0 Å². The minimum absolute atomic E-state index is 0.0255. The van der Waals surface area contributed by atoms with Crippen LogP contribution >= 0.6 is 0 Å². The van der Waals surface area contributed by atoms with Gasteiger partial charge in [0.15, 0.2) is 18.2 Å². The van der Waals surface area contributed by atoms with Crippen LogP contribution in [-0.4, -0.2) is 38.7 Å². The lowest BCUT2D eigenvalue weighted by Gasteiger charge is -2.20. The smallest absolute Gasteiger partial charge is 0.333 e. The average molecular weight is 602 g/mol. The van der Waals surface area contributed by atoms with Crippen molar-refractivity contribution in [1.29, 1.82) is 0 Å². The van der Waals surface area contributed by atoms with Gasteiger partial charge in [0, 0.05) is 53.4 Å². The third-order valence-electron chi connectivity index (χ3n) is 8.23. The Hall–Kier alpha value is -4.62. The zero-order chi connectivity index (χ0) is 30.8. The summed E-state index contributed by atoms with van der Waals surface area (Å²) in [5.41, 5.74) is -1.09. The van der Waals surface area contributed by atoms with Crippen LogP contribution in [0, 0.1) is 35.2 Å². The third-order valence-corrected chi connectivity index (χ3v) is 8.23. The maximum absolute atomic E-state index is 15.3. The second kappa shape index (κ2) is 10.3. The number of nitrogens with two attached hydrogens (primary N) is 1. The molecule has 2 aliphatic rings. The molecule has 1 amide bonds. The molecule has 2 atom stereocenters. The Morgan fingerprint density at radius 2 is 1.95 bits per heavy atom. The molecule has 0 saturated heterocycles. The van der Waals surface area contributed by atoms with Crippen LogP contribution in [0.2, 0.25) is 0 Å². The van der Waals surface area contributed by atoms with Gasteiger partial charge in [-0.2, -0.15) is 19.7 Å². The zero-order valence-electron chi connectivity index (χ0n) is 23.0. The number of hydrogen-bond donors (Lipinski definition) is 2. The monoisotopic (exact) mass is 601 g/mol. The first-order chi connectivity index (χ1) is 20.4. The summed E-state index contributed by atoms with van der Waals surface area (Å²) in [6, 6.07) is 6.20. The Bertz CT molecular complexity index is 1810. The largest absolute Gasteiger partial charge is 0.483 e. The number of carbonyl (C=O) groups is 1. The molecule has 2 aromatic heterocycles. The number of rotatable bonds is 8. The Morgan fingerprint density at radius 3 is 2.63 bits per heavy atom. The van der Waals surface area contributed by atoms with E-state index in [1.165, 1.54) is 19.1 Å². The van der Waals surface area contributed by atoms with Crippen molar-refractivity contribution >= 4 is 16.8 Å². The highest BCUT2D eigenvalue weighted by atomic mass is 19.3. The van der Waals surface area contributed by atoms with E-state index in [4.69, 9.17) is 15.6 Å². The molecular weight excluding hydrogens is 575 g/mol. The van der Waals surface area contributed by atoms with Gasteiger partial charge in [0.05, 0.1) is 10.5 Å². The number of benzene rings is 2. The van der Waals surface area contributed by atoms with Crippen LogP contribution in [0.5, 0.6) is 5.75 Å². The molecule has 1 aliphatic heterocycles. The maximum Gasteiger partial charge on any atom is 0.333 e. The van der Waals surface area contributed by atoms with Crippen LogP contribution in [-0.2, 0) is 5.54 Å². The van der Waals surface area contributed by atoms with Crippen molar-refractivity contribution in [3.63, 3.8) is 0 Å². The lowest BCUT2D eigenvalue weighted by Crippen LogP contribution is -2.41. The Morgan fingerprint density at radius 1 is 1.21 bits per heavy atom. The van der Waals surface area contributed by atoms with Gasteiger partial charge in [0.1, 0.15) is 27.7 Å². The SMILES string of the molecule is Cc1c(F)ccc(-c2nc([C@@H](CNC(=O)c3cc(F)c4nn(C(F)F)cc4c3)C3CC3)cc3c2OC[C@]3(C)[N+](N)=O)c1F. The van der Waals surface area contributed by atoms with E-state index in [0.29, 0.717) is 15.9 Å². The molecule has 1 fully saturated rings. The molecule has 1 saturated carbocycles. The van der Waals surface area contributed by atoms with Crippen molar-refractivity contribution in [2.24, 2.45) is 11.8 Å². The maximum atomic E-state index is 15.3. The molecule has 3 N–H and O–H groups in total. The quantitative estimate of drug-likeness (QED) is 0.121. The van der Waals surface area contributed by atoms with Crippen molar-refractivity contribution < 1.29 is 36.4 Å². The first-order valence-electron chi connectivity index (χ1n) is 13.5. The second-order valence-electron chi connectivity index (χ2n) is 11.1. The molecule has 43 heavy (non-hydrogen) atoms. The number of fused-ring (bicyclic) bond motifs is 2. The highest BCUT2D eigenvalue weighted by molar-refractivity contribution is 5.98. The molecule has 224 valence electrons. The minimum atomic E-state index is -2.97. The van der Waals surface area contributed by atoms with Gasteiger partial charge in [-0.3, -0.25) is 4.79 Å². The number of halogens is 5. The minimum Gasteiger partial charge on any atom is -0.483 e. The van der Waals surface area contributed by atoms with Gasteiger partial charge < -0.3 is 10.1 Å². The van der Waals surface area contributed by atoms with Crippen molar-refractivity contribution in [1.82, 2.24) is 20.1 Å². The Kier molecular flexibility index (Phi) is 6.81. The van der Waals surface area contributed by atoms with Crippen LogP contribution in [0.15, 0.2) is 36.5 Å². The van der Waals surface area contributed by atoms with Crippen molar-refractivity contribution in [2.45, 2.75) is 44.7 Å². The normalized spacial score (nSPS) is 18.5. The summed E-state index contributed by atoms with van der Waals surface area (Å²) >= 11 is 0. The van der Waals surface area contributed by atoms with E-state index in [-0.39, 0.29) is 63.0 Å². The zero-order valence-corrected chi connectivity index (χ0v) is 23.0. The number of pyridine rings is 1. The average Bonchev–Trinajstić information content (AvgIpc) is 3.60. The van der Waals surface area contributed by atoms with Crippen LogP contribution in [0.25, 0.3) is 22.2 Å². The lowest BCUT2D eigenvalue weighted by atomic mass is 9.89. The molecule has 9 nitrogen and oxygen atoms in total. The van der Waals surface area contributed by atoms with E-state index >= 15 is 4.39 Å². The first-order valence-corrected chi connectivity index (χ1v) is 13.5. The van der Waals surface area contributed by atoms with Crippen molar-refractivity contribution in [2.75, 3.05) is 13.2 Å². The van der Waals surface area contributed by atoms with E-state index in [2.05, 4.69) is 10.4 Å². The number of aromatic nitrogens is 3. The Labute approximate surface area is 241 Å². The van der Waals surface area contributed by atoms with E-state index in [0.717, 1.165) is 31.2 Å². The summed E-state index contributed by atoms with van der Waals surface area (Å²) in [5, 5.41) is 6.32. The van der Waals surface area contributed by atoms with Gasteiger partial charge in [-0.1, -0.05) is 0 Å². The molecule has 0 radical (unpaired) electrons. The molecular formula is C29H26F5N6O3+. The summed E-state index contributed by atoms with van der Waals surface area (Å²) in [7, 11) is 0. The van der Waals surface area contributed by atoms with E-state index in [9.17, 15) is 27.3 Å². The number of amides is 1.